The number of nitrogens with two attached hydrogens (primary N) is 1. The zero-order chi connectivity index (χ0) is 10.2. The first-order valence-corrected chi connectivity index (χ1v) is 4.14. The minimum Gasteiger partial charge on any atom is -0.481 e. The molecule has 5 nitrogen and oxygen atoms in total. The number of ether oxygens (including phenoxy) is 1. The molecule has 6 heteroatoms. The van der Waals surface area contributed by atoms with Crippen LogP contribution < -0.4 is 5.73 Å². The van der Waals surface area contributed by atoms with Crippen molar-refractivity contribution in [3.8, 4) is 0 Å². The van der Waals surface area contributed by atoms with E-state index in [0.717, 1.165) is 0 Å². The highest BCUT2D eigenvalue weighted by molar-refractivity contribution is 5.85. The fourth-order valence-electron chi connectivity index (χ4n) is 1.51. The summed E-state index contributed by atoms with van der Waals surface area (Å²) in [4.78, 5) is 21.8. The SMILES string of the molecule is CC1OC(=O)C(C)C(N)C1C(=O)O.Cl. The summed E-state index contributed by atoms with van der Waals surface area (Å²) in [5, 5.41) is 8.81. The Bertz CT molecular complexity index is 245. The van der Waals surface area contributed by atoms with Gasteiger partial charge in [-0.3, -0.25) is 9.59 Å². The molecule has 0 aromatic carbocycles. The minimum absolute atomic E-state index is 0. The third-order valence-corrected chi connectivity index (χ3v) is 2.46. The molecule has 0 bridgehead atoms. The molecule has 1 heterocycles. The lowest BCUT2D eigenvalue weighted by atomic mass is 9.84. The molecule has 1 rings (SSSR count). The van der Waals surface area contributed by atoms with Crippen molar-refractivity contribution >= 4 is 24.3 Å². The molecule has 0 saturated carbocycles. The van der Waals surface area contributed by atoms with Crippen LogP contribution in [-0.4, -0.2) is 29.2 Å². The first-order chi connectivity index (χ1) is 5.95. The Kier molecular flexibility index (Phi) is 4.35. The van der Waals surface area contributed by atoms with Gasteiger partial charge in [0.2, 0.25) is 0 Å². The molecule has 1 aliphatic heterocycles. The Balaban J connectivity index is 0.00000169. The summed E-state index contributed by atoms with van der Waals surface area (Å²) in [5.41, 5.74) is 5.62. The van der Waals surface area contributed by atoms with Crippen LogP contribution in [0.3, 0.4) is 0 Å². The number of carbonyl (C=O) groups is 2. The molecule has 1 saturated heterocycles. The van der Waals surface area contributed by atoms with E-state index in [1.165, 1.54) is 0 Å². The highest BCUT2D eigenvalue weighted by Gasteiger charge is 2.43. The van der Waals surface area contributed by atoms with Gasteiger partial charge in [0, 0.05) is 6.04 Å². The number of esters is 1. The minimum atomic E-state index is -1.01. The summed E-state index contributed by atoms with van der Waals surface area (Å²) in [7, 11) is 0. The van der Waals surface area contributed by atoms with Gasteiger partial charge in [-0.25, -0.2) is 0 Å². The lowest BCUT2D eigenvalue weighted by Gasteiger charge is -2.34. The van der Waals surface area contributed by atoms with Crippen molar-refractivity contribution in [2.45, 2.75) is 26.0 Å². The lowest BCUT2D eigenvalue weighted by Crippen LogP contribution is -2.54. The Morgan fingerprint density at radius 3 is 2.43 bits per heavy atom. The topological polar surface area (TPSA) is 89.6 Å². The number of hydrogen-bond donors (Lipinski definition) is 2. The van der Waals surface area contributed by atoms with E-state index in [1.54, 1.807) is 13.8 Å². The maximum absolute atomic E-state index is 11.1. The molecule has 4 unspecified atom stereocenters. The van der Waals surface area contributed by atoms with Crippen LogP contribution in [0.4, 0.5) is 0 Å². The van der Waals surface area contributed by atoms with E-state index < -0.39 is 35.9 Å². The number of halogens is 1. The van der Waals surface area contributed by atoms with Gasteiger partial charge in [-0.15, -0.1) is 12.4 Å². The monoisotopic (exact) mass is 223 g/mol. The summed E-state index contributed by atoms with van der Waals surface area (Å²) >= 11 is 0. The number of carbonyl (C=O) groups excluding carboxylic acids is 1. The van der Waals surface area contributed by atoms with Crippen LogP contribution in [0, 0.1) is 11.8 Å². The van der Waals surface area contributed by atoms with Crippen molar-refractivity contribution in [2.75, 3.05) is 0 Å². The highest BCUT2D eigenvalue weighted by atomic mass is 35.5. The first kappa shape index (κ1) is 13.2. The van der Waals surface area contributed by atoms with Gasteiger partial charge < -0.3 is 15.6 Å². The van der Waals surface area contributed by atoms with Crippen molar-refractivity contribution in [1.82, 2.24) is 0 Å². The van der Waals surface area contributed by atoms with E-state index >= 15 is 0 Å². The van der Waals surface area contributed by atoms with Crippen LogP contribution in [0.1, 0.15) is 13.8 Å². The Morgan fingerprint density at radius 1 is 1.50 bits per heavy atom. The Morgan fingerprint density at radius 2 is 2.00 bits per heavy atom. The Labute approximate surface area is 88.0 Å². The standard InChI is InChI=1S/C8H13NO4.ClH/c1-3-6(9)5(7(10)11)4(2)13-8(3)12;/h3-6H,9H2,1-2H3,(H,10,11);1H. The molecule has 0 aromatic heterocycles. The van der Waals surface area contributed by atoms with Crippen molar-refractivity contribution in [3.05, 3.63) is 0 Å². The van der Waals surface area contributed by atoms with Gasteiger partial charge >= 0.3 is 11.9 Å². The van der Waals surface area contributed by atoms with Crippen LogP contribution in [0.2, 0.25) is 0 Å². The first-order valence-electron chi connectivity index (χ1n) is 4.14. The average molecular weight is 224 g/mol. The predicted octanol–water partition coefficient (Wildman–Crippen LogP) is 0.0177. The van der Waals surface area contributed by atoms with E-state index in [1.807, 2.05) is 0 Å². The fraction of sp³-hybridized carbons (Fsp3) is 0.750. The Hall–Kier alpha value is -0.810. The molecule has 14 heavy (non-hydrogen) atoms. The summed E-state index contributed by atoms with van der Waals surface area (Å²) in [5.74, 6) is -2.78. The fourth-order valence-corrected chi connectivity index (χ4v) is 1.51. The maximum Gasteiger partial charge on any atom is 0.311 e. The third kappa shape index (κ3) is 2.16. The van der Waals surface area contributed by atoms with Gasteiger partial charge in [-0.2, -0.15) is 0 Å². The van der Waals surface area contributed by atoms with E-state index in [2.05, 4.69) is 0 Å². The van der Waals surface area contributed by atoms with Crippen molar-refractivity contribution in [1.29, 1.82) is 0 Å². The second kappa shape index (κ2) is 4.61. The van der Waals surface area contributed by atoms with Gasteiger partial charge in [0.25, 0.3) is 0 Å². The van der Waals surface area contributed by atoms with Gasteiger partial charge in [0.15, 0.2) is 0 Å². The number of carboxylic acid groups (broad SMARTS) is 1. The van der Waals surface area contributed by atoms with Crippen molar-refractivity contribution in [3.63, 3.8) is 0 Å². The van der Waals surface area contributed by atoms with Gasteiger partial charge in [0.1, 0.15) is 12.0 Å². The van der Waals surface area contributed by atoms with Crippen molar-refractivity contribution in [2.24, 2.45) is 17.6 Å². The van der Waals surface area contributed by atoms with Crippen molar-refractivity contribution < 1.29 is 19.4 Å². The molecule has 1 aliphatic rings. The summed E-state index contributed by atoms with van der Waals surface area (Å²) in [6, 6.07) is -0.659. The van der Waals surface area contributed by atoms with E-state index in [0.29, 0.717) is 0 Å². The normalized spacial score (nSPS) is 36.9. The third-order valence-electron chi connectivity index (χ3n) is 2.46. The summed E-state index contributed by atoms with van der Waals surface area (Å²) in [6.07, 6.45) is -0.642. The molecular weight excluding hydrogens is 210 g/mol. The molecule has 4 atom stereocenters. The van der Waals surface area contributed by atoms with Crippen LogP contribution in [0.5, 0.6) is 0 Å². The van der Waals surface area contributed by atoms with Crippen LogP contribution in [0.15, 0.2) is 0 Å². The summed E-state index contributed by atoms with van der Waals surface area (Å²) in [6.45, 7) is 3.12. The zero-order valence-corrected chi connectivity index (χ0v) is 8.78. The van der Waals surface area contributed by atoms with E-state index in [9.17, 15) is 9.59 Å². The molecule has 0 radical (unpaired) electrons. The second-order valence-corrected chi connectivity index (χ2v) is 3.37. The highest BCUT2D eigenvalue weighted by Crippen LogP contribution is 2.25. The number of aliphatic carboxylic acids is 1. The molecular formula is C8H14ClNO4. The molecule has 1 fully saturated rings. The van der Waals surface area contributed by atoms with Gasteiger partial charge in [-0.05, 0) is 6.92 Å². The molecule has 0 spiro atoms. The number of cyclic esters (lactones) is 1. The largest absolute Gasteiger partial charge is 0.481 e. The molecule has 0 amide bonds. The van der Waals surface area contributed by atoms with Crippen LogP contribution >= 0.6 is 12.4 Å². The van der Waals surface area contributed by atoms with E-state index in [-0.39, 0.29) is 12.4 Å². The van der Waals surface area contributed by atoms with E-state index in [4.69, 9.17) is 15.6 Å². The molecule has 0 aliphatic carbocycles. The number of hydrogen-bond acceptors (Lipinski definition) is 4. The molecule has 0 aromatic rings. The molecule has 3 N–H and O–H groups in total. The lowest BCUT2D eigenvalue weighted by molar-refractivity contribution is -0.172. The quantitative estimate of drug-likeness (QED) is 0.612. The smallest absolute Gasteiger partial charge is 0.311 e. The average Bonchev–Trinajstić information content (AvgIpc) is 1.99. The zero-order valence-electron chi connectivity index (χ0n) is 7.97. The van der Waals surface area contributed by atoms with Gasteiger partial charge in [0.05, 0.1) is 5.92 Å². The maximum atomic E-state index is 11.1. The van der Waals surface area contributed by atoms with Crippen LogP contribution in [-0.2, 0) is 14.3 Å². The number of rotatable bonds is 1. The number of carboxylic acids is 1. The van der Waals surface area contributed by atoms with Crippen LogP contribution in [0.25, 0.3) is 0 Å². The predicted molar refractivity (Wildman–Crippen MR) is 51.1 cm³/mol. The second-order valence-electron chi connectivity index (χ2n) is 3.37. The summed E-state index contributed by atoms with van der Waals surface area (Å²) < 4.78 is 4.84. The molecule has 82 valence electrons. The van der Waals surface area contributed by atoms with Gasteiger partial charge in [-0.1, -0.05) is 6.92 Å².